The molecular formula is C15H17Cl2NO3. The Hall–Kier alpha value is -1.26. The lowest BCUT2D eigenvalue weighted by Crippen LogP contribution is -2.27. The normalized spacial score (nSPS) is 22.5. The van der Waals surface area contributed by atoms with Gasteiger partial charge >= 0.3 is 5.97 Å². The molecule has 0 spiro atoms. The van der Waals surface area contributed by atoms with Gasteiger partial charge in [0.2, 0.25) is 0 Å². The van der Waals surface area contributed by atoms with Gasteiger partial charge in [0, 0.05) is 12.1 Å². The van der Waals surface area contributed by atoms with Crippen LogP contribution in [0.5, 0.6) is 0 Å². The van der Waals surface area contributed by atoms with Crippen LogP contribution in [0.1, 0.15) is 24.5 Å². The lowest BCUT2D eigenvalue weighted by molar-refractivity contribution is -0.152. The number of hydrogen-bond donors (Lipinski definition) is 1. The van der Waals surface area contributed by atoms with Crippen LogP contribution in [-0.2, 0) is 14.3 Å². The Morgan fingerprint density at radius 2 is 1.95 bits per heavy atom. The standard InChI is InChI=1S/C15H17Cl2NO3/c1-9-5-4-6-11(10(9)2)18-12(19)7-21-13(20)14(3)8-15(14,16)17/h4-6H,7-8H2,1-3H3,(H,18,19)/t14-/m1/s1. The summed E-state index contributed by atoms with van der Waals surface area (Å²) >= 11 is 11.8. The van der Waals surface area contributed by atoms with Crippen molar-refractivity contribution in [2.24, 2.45) is 5.41 Å². The van der Waals surface area contributed by atoms with Gasteiger partial charge in [0.1, 0.15) is 9.75 Å². The first-order valence-electron chi connectivity index (χ1n) is 6.58. The van der Waals surface area contributed by atoms with Crippen LogP contribution in [0.15, 0.2) is 18.2 Å². The van der Waals surface area contributed by atoms with Crippen molar-refractivity contribution in [3.63, 3.8) is 0 Å². The number of amides is 1. The first kappa shape index (κ1) is 16.1. The van der Waals surface area contributed by atoms with Gasteiger partial charge in [0.05, 0.1) is 0 Å². The molecule has 1 aliphatic rings. The Morgan fingerprint density at radius 3 is 2.52 bits per heavy atom. The topological polar surface area (TPSA) is 55.4 Å². The number of esters is 1. The van der Waals surface area contributed by atoms with Crippen LogP contribution in [0.3, 0.4) is 0 Å². The highest BCUT2D eigenvalue weighted by Gasteiger charge is 2.69. The molecule has 0 heterocycles. The van der Waals surface area contributed by atoms with Gasteiger partial charge in [-0.1, -0.05) is 12.1 Å². The second kappa shape index (κ2) is 5.50. The third-order valence-corrected chi connectivity index (χ3v) is 5.02. The zero-order valence-corrected chi connectivity index (χ0v) is 13.6. The maximum absolute atomic E-state index is 11.8. The predicted octanol–water partition coefficient (Wildman–Crippen LogP) is 3.37. The molecule has 21 heavy (non-hydrogen) atoms. The molecule has 0 bridgehead atoms. The highest BCUT2D eigenvalue weighted by atomic mass is 35.5. The first-order valence-corrected chi connectivity index (χ1v) is 7.34. The van der Waals surface area contributed by atoms with Crippen molar-refractivity contribution < 1.29 is 14.3 Å². The molecule has 0 aliphatic heterocycles. The summed E-state index contributed by atoms with van der Waals surface area (Å²) in [6.07, 6.45) is 0.334. The van der Waals surface area contributed by atoms with Gasteiger partial charge in [-0.25, -0.2) is 0 Å². The number of alkyl halides is 2. The minimum Gasteiger partial charge on any atom is -0.455 e. The van der Waals surface area contributed by atoms with Crippen LogP contribution in [0, 0.1) is 19.3 Å². The van der Waals surface area contributed by atoms with E-state index in [1.54, 1.807) is 13.0 Å². The predicted molar refractivity (Wildman–Crippen MR) is 82.7 cm³/mol. The van der Waals surface area contributed by atoms with Crippen molar-refractivity contribution in [2.45, 2.75) is 31.5 Å². The van der Waals surface area contributed by atoms with E-state index in [4.69, 9.17) is 27.9 Å². The van der Waals surface area contributed by atoms with Crippen LogP contribution >= 0.6 is 23.2 Å². The summed E-state index contributed by atoms with van der Waals surface area (Å²) in [4.78, 5) is 23.7. The van der Waals surface area contributed by atoms with Crippen LogP contribution < -0.4 is 5.32 Å². The lowest BCUT2D eigenvalue weighted by atomic mass is 10.1. The fourth-order valence-electron chi connectivity index (χ4n) is 1.98. The van der Waals surface area contributed by atoms with Crippen molar-refractivity contribution in [2.75, 3.05) is 11.9 Å². The number of nitrogens with one attached hydrogen (secondary N) is 1. The Kier molecular flexibility index (Phi) is 4.22. The molecule has 2 rings (SSSR count). The van der Waals surface area contributed by atoms with Crippen LogP contribution in [0.4, 0.5) is 5.69 Å². The smallest absolute Gasteiger partial charge is 0.315 e. The number of anilines is 1. The molecule has 1 aromatic carbocycles. The fraction of sp³-hybridized carbons (Fsp3) is 0.467. The highest BCUT2D eigenvalue weighted by Crippen LogP contribution is 2.64. The Morgan fingerprint density at radius 1 is 1.33 bits per heavy atom. The SMILES string of the molecule is Cc1cccc(NC(=O)COC(=O)[C@@]2(C)CC2(Cl)Cl)c1C. The number of halogens is 2. The maximum atomic E-state index is 11.8. The Bertz CT molecular complexity index is 601. The van der Waals surface area contributed by atoms with Crippen molar-refractivity contribution in [3.8, 4) is 0 Å². The molecular weight excluding hydrogens is 313 g/mol. The van der Waals surface area contributed by atoms with E-state index in [-0.39, 0.29) is 6.61 Å². The average Bonchev–Trinajstić information content (AvgIpc) is 2.92. The molecule has 114 valence electrons. The highest BCUT2D eigenvalue weighted by molar-refractivity contribution is 6.53. The molecule has 1 aromatic rings. The monoisotopic (exact) mass is 329 g/mol. The summed E-state index contributed by atoms with van der Waals surface area (Å²) < 4.78 is 3.90. The van der Waals surface area contributed by atoms with E-state index in [9.17, 15) is 9.59 Å². The van der Waals surface area contributed by atoms with Crippen molar-refractivity contribution in [1.82, 2.24) is 0 Å². The number of rotatable bonds is 4. The van der Waals surface area contributed by atoms with Gasteiger partial charge in [-0.3, -0.25) is 9.59 Å². The van der Waals surface area contributed by atoms with Crippen LogP contribution in [-0.4, -0.2) is 22.8 Å². The summed E-state index contributed by atoms with van der Waals surface area (Å²) in [5.74, 6) is -0.945. The fourth-order valence-corrected chi connectivity index (χ4v) is 2.67. The Labute approximate surface area is 133 Å². The van der Waals surface area contributed by atoms with E-state index < -0.39 is 21.6 Å². The molecule has 4 nitrogen and oxygen atoms in total. The van der Waals surface area contributed by atoms with Gasteiger partial charge < -0.3 is 10.1 Å². The molecule has 0 aromatic heterocycles. The third-order valence-electron chi connectivity index (χ3n) is 3.92. The molecule has 1 aliphatic carbocycles. The lowest BCUT2D eigenvalue weighted by Gasteiger charge is -2.13. The molecule has 6 heteroatoms. The molecule has 0 saturated heterocycles. The zero-order chi connectivity index (χ0) is 15.8. The van der Waals surface area contributed by atoms with Gasteiger partial charge in [0.25, 0.3) is 5.91 Å². The first-order chi connectivity index (χ1) is 9.67. The zero-order valence-electron chi connectivity index (χ0n) is 12.1. The van der Waals surface area contributed by atoms with Gasteiger partial charge in [-0.05, 0) is 38.0 Å². The van der Waals surface area contributed by atoms with E-state index in [0.29, 0.717) is 12.1 Å². The number of benzene rings is 1. The number of carbonyl (C=O) groups excluding carboxylic acids is 2. The van der Waals surface area contributed by atoms with E-state index in [1.165, 1.54) is 0 Å². The molecule has 1 N–H and O–H groups in total. The number of ether oxygens (including phenoxy) is 1. The van der Waals surface area contributed by atoms with Crippen LogP contribution in [0.2, 0.25) is 0 Å². The minimum atomic E-state index is -1.09. The summed E-state index contributed by atoms with van der Waals surface area (Å²) in [6, 6.07) is 5.61. The number of hydrogen-bond acceptors (Lipinski definition) is 3. The second-order valence-corrected chi connectivity index (χ2v) is 7.07. The molecule has 1 atom stereocenters. The minimum absolute atomic E-state index is 0.334. The molecule has 0 radical (unpaired) electrons. The second-order valence-electron chi connectivity index (χ2n) is 5.59. The van der Waals surface area contributed by atoms with Crippen molar-refractivity contribution >= 4 is 40.8 Å². The van der Waals surface area contributed by atoms with Crippen LogP contribution in [0.25, 0.3) is 0 Å². The van der Waals surface area contributed by atoms with Gasteiger partial charge in [-0.2, -0.15) is 0 Å². The third kappa shape index (κ3) is 3.16. The van der Waals surface area contributed by atoms with Crippen molar-refractivity contribution in [1.29, 1.82) is 0 Å². The Balaban J connectivity index is 1.89. The summed E-state index contributed by atoms with van der Waals surface area (Å²) in [5, 5.41) is 2.72. The molecule has 0 unspecified atom stereocenters. The summed E-state index contributed by atoms with van der Waals surface area (Å²) in [7, 11) is 0. The van der Waals surface area contributed by atoms with Gasteiger partial charge in [-0.15, -0.1) is 23.2 Å². The summed E-state index contributed by atoms with van der Waals surface area (Å²) in [5.41, 5.74) is 1.84. The van der Waals surface area contributed by atoms with Crippen molar-refractivity contribution in [3.05, 3.63) is 29.3 Å². The molecule has 1 amide bonds. The largest absolute Gasteiger partial charge is 0.455 e. The van der Waals surface area contributed by atoms with Gasteiger partial charge in [0.15, 0.2) is 6.61 Å². The average molecular weight is 330 g/mol. The number of carbonyl (C=O) groups is 2. The molecule has 1 saturated carbocycles. The molecule has 1 fully saturated rings. The maximum Gasteiger partial charge on any atom is 0.315 e. The van der Waals surface area contributed by atoms with E-state index in [2.05, 4.69) is 5.32 Å². The van der Waals surface area contributed by atoms with E-state index in [1.807, 2.05) is 26.0 Å². The van der Waals surface area contributed by atoms with E-state index in [0.717, 1.165) is 11.1 Å². The quantitative estimate of drug-likeness (QED) is 0.680. The number of aryl methyl sites for hydroxylation is 1. The van der Waals surface area contributed by atoms with E-state index >= 15 is 0 Å². The summed E-state index contributed by atoms with van der Waals surface area (Å²) in [6.45, 7) is 5.14.